The van der Waals surface area contributed by atoms with E-state index in [1.807, 2.05) is 103 Å². The van der Waals surface area contributed by atoms with Crippen molar-refractivity contribution >= 4 is 17.7 Å². The van der Waals surface area contributed by atoms with Crippen molar-refractivity contribution in [3.8, 4) is 0 Å². The Labute approximate surface area is 192 Å². The normalized spacial score (nSPS) is 23.9. The molecule has 1 N–H and O–H groups in total. The van der Waals surface area contributed by atoms with Crippen molar-refractivity contribution in [3.05, 3.63) is 120 Å². The quantitative estimate of drug-likeness (QED) is 0.486. The number of carbonyl (C=O) groups excluding carboxylic acids is 3. The van der Waals surface area contributed by atoms with Crippen LogP contribution in [-0.4, -0.2) is 22.7 Å². The Hall–Kier alpha value is -3.99. The molecule has 0 spiro atoms. The van der Waals surface area contributed by atoms with Gasteiger partial charge in [0, 0.05) is 11.8 Å². The summed E-state index contributed by atoms with van der Waals surface area (Å²) in [6.07, 6.45) is 4.17. The summed E-state index contributed by atoms with van der Waals surface area (Å²) in [5, 5.41) is 0.958. The summed E-state index contributed by atoms with van der Waals surface area (Å²) >= 11 is 0. The number of fused-ring (bicyclic) bond motifs is 1. The summed E-state index contributed by atoms with van der Waals surface area (Å²) in [6.45, 7) is 0. The molecule has 5 rings (SSSR count). The van der Waals surface area contributed by atoms with Crippen molar-refractivity contribution in [1.82, 2.24) is 10.4 Å². The molecule has 1 fully saturated rings. The van der Waals surface area contributed by atoms with Crippen LogP contribution in [0.25, 0.3) is 0 Å². The molecular weight excluding hydrogens is 412 g/mol. The Bertz CT molecular complexity index is 1120. The van der Waals surface area contributed by atoms with Crippen molar-refractivity contribution < 1.29 is 14.4 Å². The fourth-order valence-electron chi connectivity index (χ4n) is 4.99. The fraction of sp³-hybridized carbons (Fsp3) is 0.179. The Morgan fingerprint density at radius 2 is 1.09 bits per heavy atom. The Morgan fingerprint density at radius 3 is 1.55 bits per heavy atom. The van der Waals surface area contributed by atoms with Crippen molar-refractivity contribution in [2.75, 3.05) is 0 Å². The van der Waals surface area contributed by atoms with E-state index in [4.69, 9.17) is 0 Å². The number of nitrogens with one attached hydrogen (secondary N) is 1. The summed E-state index contributed by atoms with van der Waals surface area (Å²) in [6, 6.07) is 28.7. The average molecular weight is 437 g/mol. The molecule has 0 unspecified atom stereocenters. The van der Waals surface area contributed by atoms with Gasteiger partial charge in [-0.3, -0.25) is 19.8 Å². The molecule has 0 radical (unpaired) electrons. The van der Waals surface area contributed by atoms with Gasteiger partial charge in [-0.25, -0.2) is 0 Å². The number of hydrogen-bond donors (Lipinski definition) is 1. The van der Waals surface area contributed by atoms with E-state index in [0.717, 1.165) is 21.7 Å². The maximum absolute atomic E-state index is 13.6. The largest absolute Gasteiger partial charge is 0.273 e. The van der Waals surface area contributed by atoms with Gasteiger partial charge in [0.2, 0.25) is 5.91 Å². The topological polar surface area (TPSA) is 66.5 Å². The third-order valence-corrected chi connectivity index (χ3v) is 6.51. The van der Waals surface area contributed by atoms with Gasteiger partial charge in [-0.2, -0.15) is 5.01 Å². The lowest BCUT2D eigenvalue weighted by Crippen LogP contribution is -2.47. The average Bonchev–Trinajstić information content (AvgIpc) is 3.10. The number of imide groups is 1. The lowest BCUT2D eigenvalue weighted by atomic mass is 9.68. The second kappa shape index (κ2) is 8.87. The van der Waals surface area contributed by atoms with Crippen LogP contribution in [0.3, 0.4) is 0 Å². The third kappa shape index (κ3) is 3.98. The molecule has 5 heteroatoms. The summed E-state index contributed by atoms with van der Waals surface area (Å²) < 4.78 is 0. The minimum Gasteiger partial charge on any atom is -0.273 e. The molecule has 1 aliphatic carbocycles. The van der Waals surface area contributed by atoms with Crippen LogP contribution < -0.4 is 5.43 Å². The van der Waals surface area contributed by atoms with Gasteiger partial charge in [0.25, 0.3) is 11.8 Å². The van der Waals surface area contributed by atoms with Crippen molar-refractivity contribution in [1.29, 1.82) is 0 Å². The monoisotopic (exact) mass is 436 g/mol. The predicted molar refractivity (Wildman–Crippen MR) is 125 cm³/mol. The molecule has 0 saturated carbocycles. The van der Waals surface area contributed by atoms with E-state index in [1.54, 1.807) is 0 Å². The van der Waals surface area contributed by atoms with Crippen LogP contribution >= 0.6 is 0 Å². The third-order valence-electron chi connectivity index (χ3n) is 6.51. The summed E-state index contributed by atoms with van der Waals surface area (Å²) in [7, 11) is 0. The summed E-state index contributed by atoms with van der Waals surface area (Å²) in [5.41, 5.74) is 5.37. The first kappa shape index (κ1) is 20.9. The minimum absolute atomic E-state index is 0.0930. The van der Waals surface area contributed by atoms with Crippen molar-refractivity contribution in [2.24, 2.45) is 11.8 Å². The molecule has 3 amide bonds. The molecule has 5 nitrogen and oxygen atoms in total. The lowest BCUT2D eigenvalue weighted by molar-refractivity contribution is -0.149. The SMILES string of the molecule is O=C(Cc1ccccc1)NN1C(=O)[C@@H]2[C@H](C1=O)[C@H](c1ccccc1)C=C[C@@H]2c1ccccc1. The standard InChI is InChI=1S/C28H24N2O3/c31-24(18-19-10-4-1-5-11-19)29-30-27(32)25-22(20-12-6-2-7-13-20)16-17-23(26(25)28(30)33)21-14-8-3-9-15-21/h1-17,22-23,25-26H,18H2,(H,29,31)/t22-,23+,25+,26-. The zero-order valence-electron chi connectivity index (χ0n) is 18.0. The van der Waals surface area contributed by atoms with E-state index in [1.165, 1.54) is 0 Å². The maximum Gasteiger partial charge on any atom is 0.253 e. The number of carbonyl (C=O) groups is 3. The molecular formula is C28H24N2O3. The molecule has 1 aliphatic heterocycles. The van der Waals surface area contributed by atoms with E-state index in [9.17, 15) is 14.4 Å². The zero-order chi connectivity index (χ0) is 22.8. The molecule has 1 heterocycles. The van der Waals surface area contributed by atoms with Gasteiger partial charge in [0.05, 0.1) is 18.3 Å². The molecule has 0 bridgehead atoms. The van der Waals surface area contributed by atoms with Gasteiger partial charge in [-0.05, 0) is 16.7 Å². The van der Waals surface area contributed by atoms with Gasteiger partial charge >= 0.3 is 0 Å². The van der Waals surface area contributed by atoms with Crippen LogP contribution in [0.4, 0.5) is 0 Å². The molecule has 3 aromatic rings. The van der Waals surface area contributed by atoms with Crippen LogP contribution in [0.15, 0.2) is 103 Å². The number of hydrazine groups is 1. The summed E-state index contributed by atoms with van der Waals surface area (Å²) in [4.78, 5) is 39.8. The molecule has 3 aromatic carbocycles. The Balaban J connectivity index is 1.47. The smallest absolute Gasteiger partial charge is 0.253 e. The van der Waals surface area contributed by atoms with E-state index >= 15 is 0 Å². The highest BCUT2D eigenvalue weighted by Crippen LogP contribution is 2.48. The van der Waals surface area contributed by atoms with Crippen LogP contribution in [0.5, 0.6) is 0 Å². The zero-order valence-corrected chi connectivity index (χ0v) is 18.0. The second-order valence-electron chi connectivity index (χ2n) is 8.52. The highest BCUT2D eigenvalue weighted by atomic mass is 16.2. The van der Waals surface area contributed by atoms with Crippen LogP contribution in [-0.2, 0) is 20.8 Å². The molecule has 1 saturated heterocycles. The highest BCUT2D eigenvalue weighted by molar-refractivity contribution is 6.07. The van der Waals surface area contributed by atoms with E-state index in [0.29, 0.717) is 0 Å². The van der Waals surface area contributed by atoms with Crippen LogP contribution in [0.2, 0.25) is 0 Å². The van der Waals surface area contributed by atoms with Crippen molar-refractivity contribution in [2.45, 2.75) is 18.3 Å². The number of benzene rings is 3. The van der Waals surface area contributed by atoms with Crippen molar-refractivity contribution in [3.63, 3.8) is 0 Å². The number of nitrogens with zero attached hydrogens (tertiary/aromatic N) is 1. The van der Waals surface area contributed by atoms with Crippen LogP contribution in [0, 0.1) is 11.8 Å². The van der Waals surface area contributed by atoms with E-state index in [-0.39, 0.29) is 36.0 Å². The minimum atomic E-state index is -0.577. The fourth-order valence-corrected chi connectivity index (χ4v) is 4.99. The van der Waals surface area contributed by atoms with Gasteiger partial charge < -0.3 is 0 Å². The number of amides is 3. The first-order chi connectivity index (χ1) is 16.1. The molecule has 164 valence electrons. The van der Waals surface area contributed by atoms with Gasteiger partial charge in [0.15, 0.2) is 0 Å². The first-order valence-corrected chi connectivity index (χ1v) is 11.1. The Kier molecular flexibility index (Phi) is 5.61. The molecule has 2 aliphatic rings. The predicted octanol–water partition coefficient (Wildman–Crippen LogP) is 4.00. The summed E-state index contributed by atoms with van der Waals surface area (Å²) in [5.74, 6) is -2.72. The van der Waals surface area contributed by atoms with Gasteiger partial charge in [-0.15, -0.1) is 0 Å². The van der Waals surface area contributed by atoms with E-state index < -0.39 is 11.8 Å². The second-order valence-corrected chi connectivity index (χ2v) is 8.52. The number of allylic oxidation sites excluding steroid dienone is 2. The number of rotatable bonds is 5. The highest BCUT2D eigenvalue weighted by Gasteiger charge is 2.55. The molecule has 0 aromatic heterocycles. The van der Waals surface area contributed by atoms with Gasteiger partial charge in [-0.1, -0.05) is 103 Å². The maximum atomic E-state index is 13.6. The number of hydrogen-bond acceptors (Lipinski definition) is 3. The lowest BCUT2D eigenvalue weighted by Gasteiger charge is -2.32. The Morgan fingerprint density at radius 1 is 0.667 bits per heavy atom. The van der Waals surface area contributed by atoms with Crippen LogP contribution in [0.1, 0.15) is 28.5 Å². The molecule has 33 heavy (non-hydrogen) atoms. The molecule has 4 atom stereocenters. The van der Waals surface area contributed by atoms with Gasteiger partial charge in [0.1, 0.15) is 0 Å². The first-order valence-electron chi connectivity index (χ1n) is 11.1. The van der Waals surface area contributed by atoms with E-state index in [2.05, 4.69) is 5.43 Å².